The summed E-state index contributed by atoms with van der Waals surface area (Å²) >= 11 is 0. The highest BCUT2D eigenvalue weighted by molar-refractivity contribution is 6.08. The summed E-state index contributed by atoms with van der Waals surface area (Å²) in [6.07, 6.45) is 0. The second-order valence-electron chi connectivity index (χ2n) is 3.13. The van der Waals surface area contributed by atoms with Gasteiger partial charge in [-0.1, -0.05) is 24.3 Å². The van der Waals surface area contributed by atoms with E-state index in [1.165, 1.54) is 6.07 Å². The molecular weight excluding hydrogens is 176 g/mol. The van der Waals surface area contributed by atoms with Crippen molar-refractivity contribution in [3.05, 3.63) is 42.0 Å². The highest BCUT2D eigenvalue weighted by atomic mass is 16.3. The molecule has 0 fully saturated rings. The zero-order valence-electron chi connectivity index (χ0n) is 7.49. The van der Waals surface area contributed by atoms with Crippen LogP contribution in [0, 0.1) is 5.41 Å². The number of phenols is 1. The van der Waals surface area contributed by atoms with Gasteiger partial charge in [-0.05, 0) is 22.9 Å². The van der Waals surface area contributed by atoms with E-state index in [0.717, 1.165) is 10.8 Å². The van der Waals surface area contributed by atoms with Crippen LogP contribution >= 0.6 is 0 Å². The molecule has 3 heteroatoms. The minimum absolute atomic E-state index is 0.0305. The molecule has 2 aromatic carbocycles. The molecule has 3 nitrogen and oxygen atoms in total. The van der Waals surface area contributed by atoms with Gasteiger partial charge in [0.2, 0.25) is 0 Å². The van der Waals surface area contributed by atoms with Crippen molar-refractivity contribution in [3.8, 4) is 5.75 Å². The molecule has 0 spiro atoms. The summed E-state index contributed by atoms with van der Waals surface area (Å²) < 4.78 is 0. The topological polar surface area (TPSA) is 70.1 Å². The van der Waals surface area contributed by atoms with Crippen molar-refractivity contribution in [1.82, 2.24) is 0 Å². The summed E-state index contributed by atoms with van der Waals surface area (Å²) in [5.41, 5.74) is 5.99. The van der Waals surface area contributed by atoms with E-state index in [-0.39, 0.29) is 11.6 Å². The molecule has 0 aliphatic heterocycles. The number of nitrogen functional groups attached to an aromatic ring is 1. The van der Waals surface area contributed by atoms with Gasteiger partial charge in [0.25, 0.3) is 0 Å². The fraction of sp³-hybridized carbons (Fsp3) is 0. The van der Waals surface area contributed by atoms with Gasteiger partial charge in [-0.15, -0.1) is 0 Å². The van der Waals surface area contributed by atoms with Crippen LogP contribution in [0.2, 0.25) is 0 Å². The summed E-state index contributed by atoms with van der Waals surface area (Å²) in [6.45, 7) is 0. The van der Waals surface area contributed by atoms with Gasteiger partial charge >= 0.3 is 0 Å². The molecule has 70 valence electrons. The van der Waals surface area contributed by atoms with Gasteiger partial charge < -0.3 is 10.8 Å². The van der Waals surface area contributed by atoms with Crippen LogP contribution in [0.5, 0.6) is 5.75 Å². The number of fused-ring (bicyclic) bond motifs is 1. The van der Waals surface area contributed by atoms with Crippen LogP contribution in [0.15, 0.2) is 36.4 Å². The molecule has 4 N–H and O–H groups in total. The van der Waals surface area contributed by atoms with E-state index in [1.54, 1.807) is 6.07 Å². The number of hydrogen-bond donors (Lipinski definition) is 3. The molecule has 2 rings (SSSR count). The Morgan fingerprint density at radius 2 is 1.93 bits per heavy atom. The van der Waals surface area contributed by atoms with Crippen LogP contribution in [0.3, 0.4) is 0 Å². The molecule has 0 atom stereocenters. The maximum Gasteiger partial charge on any atom is 0.123 e. The summed E-state index contributed by atoms with van der Waals surface area (Å²) in [7, 11) is 0. The summed E-state index contributed by atoms with van der Waals surface area (Å²) in [5, 5.41) is 18.6. The minimum Gasteiger partial charge on any atom is -0.508 e. The lowest BCUT2D eigenvalue weighted by Crippen LogP contribution is -2.11. The van der Waals surface area contributed by atoms with Crippen molar-refractivity contribution in [3.63, 3.8) is 0 Å². The van der Waals surface area contributed by atoms with Crippen LogP contribution < -0.4 is 5.73 Å². The third-order valence-corrected chi connectivity index (χ3v) is 2.14. The number of phenolic OH excluding ortho intramolecular Hbond substituents is 1. The number of nitrogens with two attached hydrogens (primary N) is 1. The number of benzene rings is 2. The molecule has 0 aromatic heterocycles. The van der Waals surface area contributed by atoms with Crippen LogP contribution in [-0.2, 0) is 0 Å². The second-order valence-corrected chi connectivity index (χ2v) is 3.13. The van der Waals surface area contributed by atoms with Gasteiger partial charge in [-0.25, -0.2) is 0 Å². The lowest BCUT2D eigenvalue weighted by atomic mass is 10.0. The van der Waals surface area contributed by atoms with Gasteiger partial charge in [-0.3, -0.25) is 5.41 Å². The van der Waals surface area contributed by atoms with E-state index in [4.69, 9.17) is 11.1 Å². The van der Waals surface area contributed by atoms with Gasteiger partial charge in [0.1, 0.15) is 11.6 Å². The average Bonchev–Trinajstić information content (AvgIpc) is 2.16. The van der Waals surface area contributed by atoms with Gasteiger partial charge in [-0.2, -0.15) is 0 Å². The number of rotatable bonds is 1. The van der Waals surface area contributed by atoms with Crippen LogP contribution in [0.25, 0.3) is 10.8 Å². The van der Waals surface area contributed by atoms with Crippen molar-refractivity contribution in [2.75, 3.05) is 0 Å². The first kappa shape index (κ1) is 8.56. The zero-order chi connectivity index (χ0) is 10.1. The van der Waals surface area contributed by atoms with Crippen molar-refractivity contribution in [1.29, 1.82) is 5.41 Å². The largest absolute Gasteiger partial charge is 0.508 e. The highest BCUT2D eigenvalue weighted by Gasteiger charge is 2.04. The van der Waals surface area contributed by atoms with E-state index in [9.17, 15) is 5.11 Å². The highest BCUT2D eigenvalue weighted by Crippen LogP contribution is 2.23. The van der Waals surface area contributed by atoms with Crippen LogP contribution in [0.1, 0.15) is 5.56 Å². The second kappa shape index (κ2) is 3.03. The molecular formula is C11H10N2O. The Morgan fingerprint density at radius 1 is 1.21 bits per heavy atom. The Morgan fingerprint density at radius 3 is 2.64 bits per heavy atom. The third-order valence-electron chi connectivity index (χ3n) is 2.14. The zero-order valence-corrected chi connectivity index (χ0v) is 7.49. The van der Waals surface area contributed by atoms with Gasteiger partial charge in [0.05, 0.1) is 0 Å². The molecule has 0 aliphatic rings. The average molecular weight is 186 g/mol. The monoisotopic (exact) mass is 186 g/mol. The number of hydrogen-bond acceptors (Lipinski definition) is 2. The van der Waals surface area contributed by atoms with Gasteiger partial charge in [0.15, 0.2) is 0 Å². The van der Waals surface area contributed by atoms with Crippen molar-refractivity contribution < 1.29 is 5.11 Å². The standard InChI is InChI=1S/C11H10N2O/c12-11(13)10-6-8(14)5-7-3-1-2-4-9(7)10/h1-6,14H,(H3,12,13). The normalized spacial score (nSPS) is 10.3. The van der Waals surface area contributed by atoms with E-state index >= 15 is 0 Å². The molecule has 0 saturated heterocycles. The summed E-state index contributed by atoms with van der Waals surface area (Å²) in [4.78, 5) is 0. The molecule has 0 amide bonds. The summed E-state index contributed by atoms with van der Waals surface area (Å²) in [6, 6.07) is 10.7. The predicted octanol–water partition coefficient (Wildman–Crippen LogP) is 1.83. The number of amidine groups is 1. The Balaban J connectivity index is 2.87. The first-order valence-corrected chi connectivity index (χ1v) is 4.24. The maximum atomic E-state index is 9.41. The Kier molecular flexibility index (Phi) is 1.85. The Hall–Kier alpha value is -2.03. The SMILES string of the molecule is N=C(N)c1cc(O)cc2ccccc12. The first-order chi connectivity index (χ1) is 6.68. The lowest BCUT2D eigenvalue weighted by molar-refractivity contribution is 0.476. The Labute approximate surface area is 81.3 Å². The smallest absolute Gasteiger partial charge is 0.123 e. The fourth-order valence-electron chi connectivity index (χ4n) is 1.52. The van der Waals surface area contributed by atoms with Gasteiger partial charge in [0, 0.05) is 5.56 Å². The fourth-order valence-corrected chi connectivity index (χ4v) is 1.52. The van der Waals surface area contributed by atoms with Crippen LogP contribution in [0.4, 0.5) is 0 Å². The number of aromatic hydroxyl groups is 1. The molecule has 0 saturated carbocycles. The Bertz CT molecular complexity index is 506. The van der Waals surface area contributed by atoms with E-state index in [0.29, 0.717) is 5.56 Å². The summed E-state index contributed by atoms with van der Waals surface area (Å²) in [5.74, 6) is 0.103. The molecule has 0 unspecified atom stereocenters. The van der Waals surface area contributed by atoms with Crippen molar-refractivity contribution >= 4 is 16.6 Å². The predicted molar refractivity (Wildman–Crippen MR) is 56.6 cm³/mol. The van der Waals surface area contributed by atoms with Crippen molar-refractivity contribution in [2.45, 2.75) is 0 Å². The number of nitrogens with one attached hydrogen (secondary N) is 1. The van der Waals surface area contributed by atoms with E-state index in [1.807, 2.05) is 24.3 Å². The quantitative estimate of drug-likeness (QED) is 0.469. The molecule has 0 bridgehead atoms. The van der Waals surface area contributed by atoms with Crippen molar-refractivity contribution in [2.24, 2.45) is 5.73 Å². The minimum atomic E-state index is -0.0305. The molecule has 0 heterocycles. The molecule has 0 radical (unpaired) electrons. The molecule has 14 heavy (non-hydrogen) atoms. The van der Waals surface area contributed by atoms with E-state index in [2.05, 4.69) is 0 Å². The molecule has 2 aromatic rings. The lowest BCUT2D eigenvalue weighted by Gasteiger charge is -2.05. The maximum absolute atomic E-state index is 9.41. The van der Waals surface area contributed by atoms with Crippen LogP contribution in [-0.4, -0.2) is 10.9 Å². The third kappa shape index (κ3) is 1.29. The molecule has 0 aliphatic carbocycles. The van der Waals surface area contributed by atoms with E-state index < -0.39 is 0 Å². The first-order valence-electron chi connectivity index (χ1n) is 4.24.